The van der Waals surface area contributed by atoms with Gasteiger partial charge in [-0.1, -0.05) is 42.5 Å². The molecule has 0 fully saturated rings. The molecule has 0 saturated heterocycles. The number of benzene rings is 3. The highest BCUT2D eigenvalue weighted by atomic mass is 16.3. The third-order valence-corrected chi connectivity index (χ3v) is 4.40. The zero-order valence-electron chi connectivity index (χ0n) is 11.6. The zero-order chi connectivity index (χ0) is 14.4. The monoisotopic (exact) mass is 276 g/mol. The average molecular weight is 276 g/mol. The van der Waals surface area contributed by atoms with Crippen molar-refractivity contribution in [2.75, 3.05) is 0 Å². The number of hydrogen-bond acceptors (Lipinski definition) is 2. The van der Waals surface area contributed by atoms with Crippen molar-refractivity contribution in [2.45, 2.75) is 19.4 Å². The highest BCUT2D eigenvalue weighted by Gasteiger charge is 2.21. The molecule has 0 atom stereocenters. The second-order valence-electron chi connectivity index (χ2n) is 5.62. The summed E-state index contributed by atoms with van der Waals surface area (Å²) in [7, 11) is 0. The van der Waals surface area contributed by atoms with Gasteiger partial charge >= 0.3 is 0 Å². The van der Waals surface area contributed by atoms with Crippen molar-refractivity contribution in [1.82, 2.24) is 0 Å². The number of aryl methyl sites for hydroxylation is 1. The summed E-state index contributed by atoms with van der Waals surface area (Å²) in [6.45, 7) is 0.0704. The fourth-order valence-electron chi connectivity index (χ4n) is 3.39. The van der Waals surface area contributed by atoms with Gasteiger partial charge in [0.05, 0.1) is 6.61 Å². The maximum atomic E-state index is 10.3. The summed E-state index contributed by atoms with van der Waals surface area (Å²) < 4.78 is 0. The first-order valence-corrected chi connectivity index (χ1v) is 7.24. The molecule has 0 spiro atoms. The van der Waals surface area contributed by atoms with Gasteiger partial charge in [-0.25, -0.2) is 0 Å². The number of aliphatic hydroxyl groups excluding tert-OH is 1. The molecule has 104 valence electrons. The normalized spacial score (nSPS) is 13.0. The summed E-state index contributed by atoms with van der Waals surface area (Å²) in [6, 6.07) is 16.2. The van der Waals surface area contributed by atoms with E-state index in [1.54, 1.807) is 0 Å². The summed E-state index contributed by atoms with van der Waals surface area (Å²) in [5.74, 6) is 0.389. The van der Waals surface area contributed by atoms with Crippen LogP contribution in [0.4, 0.5) is 0 Å². The summed E-state index contributed by atoms with van der Waals surface area (Å²) >= 11 is 0. The minimum Gasteiger partial charge on any atom is -0.508 e. The molecule has 0 radical (unpaired) electrons. The third kappa shape index (κ3) is 1.83. The van der Waals surface area contributed by atoms with Gasteiger partial charge in [0.15, 0.2) is 0 Å². The van der Waals surface area contributed by atoms with Gasteiger partial charge in [0.2, 0.25) is 0 Å². The molecule has 21 heavy (non-hydrogen) atoms. The Morgan fingerprint density at radius 3 is 2.67 bits per heavy atom. The van der Waals surface area contributed by atoms with Gasteiger partial charge in [-0.05, 0) is 51.9 Å². The van der Waals surface area contributed by atoms with Crippen LogP contribution in [-0.2, 0) is 19.4 Å². The number of phenols is 1. The van der Waals surface area contributed by atoms with E-state index in [-0.39, 0.29) is 6.61 Å². The van der Waals surface area contributed by atoms with Crippen LogP contribution in [0.2, 0.25) is 0 Å². The molecule has 0 aromatic heterocycles. The molecule has 3 aromatic carbocycles. The van der Waals surface area contributed by atoms with E-state index in [1.807, 2.05) is 30.3 Å². The van der Waals surface area contributed by atoms with Gasteiger partial charge in [-0.2, -0.15) is 0 Å². The Hall–Kier alpha value is -2.32. The van der Waals surface area contributed by atoms with Gasteiger partial charge < -0.3 is 10.2 Å². The molecule has 0 aliphatic heterocycles. The van der Waals surface area contributed by atoms with E-state index in [4.69, 9.17) is 0 Å². The van der Waals surface area contributed by atoms with Crippen LogP contribution < -0.4 is 0 Å². The quantitative estimate of drug-likeness (QED) is 0.709. The average Bonchev–Trinajstić information content (AvgIpc) is 2.53. The predicted octanol–water partition coefficient (Wildman–Crippen LogP) is 3.80. The molecule has 0 bridgehead atoms. The number of phenolic OH excluding ortho intramolecular Hbond substituents is 1. The molecular formula is C19H16O2. The second kappa shape index (κ2) is 4.61. The molecule has 1 aliphatic carbocycles. The molecule has 4 rings (SSSR count). The Bertz CT molecular complexity index is 850. The largest absolute Gasteiger partial charge is 0.508 e. The Morgan fingerprint density at radius 2 is 1.81 bits per heavy atom. The molecule has 0 saturated carbocycles. The first-order chi connectivity index (χ1) is 10.3. The van der Waals surface area contributed by atoms with Gasteiger partial charge in [0.25, 0.3) is 0 Å². The fourth-order valence-corrected chi connectivity index (χ4v) is 3.39. The predicted molar refractivity (Wildman–Crippen MR) is 84.4 cm³/mol. The molecule has 3 aromatic rings. The van der Waals surface area contributed by atoms with E-state index < -0.39 is 0 Å². The Labute approximate surface area is 123 Å². The van der Waals surface area contributed by atoms with Gasteiger partial charge in [0, 0.05) is 5.56 Å². The van der Waals surface area contributed by atoms with Crippen LogP contribution in [-0.4, -0.2) is 10.2 Å². The van der Waals surface area contributed by atoms with Crippen LogP contribution in [0.15, 0.2) is 48.5 Å². The van der Waals surface area contributed by atoms with E-state index in [0.717, 1.165) is 34.9 Å². The van der Waals surface area contributed by atoms with E-state index in [9.17, 15) is 10.2 Å². The van der Waals surface area contributed by atoms with Crippen LogP contribution in [0.1, 0.15) is 16.7 Å². The lowest BCUT2D eigenvalue weighted by molar-refractivity contribution is 0.281. The van der Waals surface area contributed by atoms with Gasteiger partial charge in [-0.15, -0.1) is 0 Å². The molecule has 0 unspecified atom stereocenters. The summed E-state index contributed by atoms with van der Waals surface area (Å²) in [4.78, 5) is 0. The van der Waals surface area contributed by atoms with Crippen molar-refractivity contribution >= 4 is 10.8 Å². The summed E-state index contributed by atoms with van der Waals surface area (Å²) in [6.07, 6.45) is 1.75. The zero-order valence-corrected chi connectivity index (χ0v) is 11.6. The van der Waals surface area contributed by atoms with Gasteiger partial charge in [0.1, 0.15) is 5.75 Å². The highest BCUT2D eigenvalue weighted by Crippen LogP contribution is 2.43. The Morgan fingerprint density at radius 1 is 0.952 bits per heavy atom. The smallest absolute Gasteiger partial charge is 0.120 e. The lowest BCUT2D eigenvalue weighted by Crippen LogP contribution is -2.05. The van der Waals surface area contributed by atoms with E-state index in [2.05, 4.69) is 18.2 Å². The van der Waals surface area contributed by atoms with Crippen LogP contribution >= 0.6 is 0 Å². The van der Waals surface area contributed by atoms with Crippen LogP contribution in [0.3, 0.4) is 0 Å². The maximum absolute atomic E-state index is 10.3. The highest BCUT2D eigenvalue weighted by molar-refractivity contribution is 6.01. The Kier molecular flexibility index (Phi) is 2.72. The first kappa shape index (κ1) is 12.4. The van der Waals surface area contributed by atoms with Crippen molar-refractivity contribution in [3.05, 3.63) is 65.2 Å². The number of hydrogen-bond donors (Lipinski definition) is 2. The standard InChI is InChI=1S/C19H16O2/c20-11-12-5-7-16-14(9-12)6-8-17-18(21)10-13-3-1-2-4-15(13)19(16)17/h1-5,7,9-10,20-21H,6,8,11H2. The third-order valence-electron chi connectivity index (χ3n) is 4.40. The second-order valence-corrected chi connectivity index (χ2v) is 5.62. The van der Waals surface area contributed by atoms with Crippen molar-refractivity contribution < 1.29 is 10.2 Å². The van der Waals surface area contributed by atoms with Gasteiger partial charge in [-0.3, -0.25) is 0 Å². The van der Waals surface area contributed by atoms with E-state index >= 15 is 0 Å². The molecule has 2 N–H and O–H groups in total. The minimum absolute atomic E-state index is 0.0704. The molecular weight excluding hydrogens is 260 g/mol. The molecule has 0 heterocycles. The minimum atomic E-state index is 0.0704. The molecule has 0 amide bonds. The lowest BCUT2D eigenvalue weighted by Gasteiger charge is -2.23. The Balaban J connectivity index is 2.08. The van der Waals surface area contributed by atoms with Crippen molar-refractivity contribution in [1.29, 1.82) is 0 Å². The van der Waals surface area contributed by atoms with Crippen LogP contribution in [0.25, 0.3) is 21.9 Å². The van der Waals surface area contributed by atoms with Crippen LogP contribution in [0.5, 0.6) is 5.75 Å². The number of rotatable bonds is 1. The topological polar surface area (TPSA) is 40.5 Å². The van der Waals surface area contributed by atoms with E-state index in [1.165, 1.54) is 16.5 Å². The van der Waals surface area contributed by atoms with Crippen molar-refractivity contribution in [2.24, 2.45) is 0 Å². The van der Waals surface area contributed by atoms with Crippen LogP contribution in [0, 0.1) is 0 Å². The maximum Gasteiger partial charge on any atom is 0.120 e. The summed E-state index contributed by atoms with van der Waals surface area (Å²) in [5, 5.41) is 21.9. The SMILES string of the molecule is OCc1ccc2c(c1)CCc1c(O)cc3ccccc3c1-2. The number of aliphatic hydroxyl groups is 1. The molecule has 1 aliphatic rings. The van der Waals surface area contributed by atoms with E-state index in [0.29, 0.717) is 5.75 Å². The number of aromatic hydroxyl groups is 1. The lowest BCUT2D eigenvalue weighted by atomic mass is 9.81. The summed E-state index contributed by atoms with van der Waals surface area (Å²) in [5.41, 5.74) is 5.57. The first-order valence-electron chi connectivity index (χ1n) is 7.24. The van der Waals surface area contributed by atoms with Crippen molar-refractivity contribution in [3.63, 3.8) is 0 Å². The fraction of sp³-hybridized carbons (Fsp3) is 0.158. The molecule has 2 nitrogen and oxygen atoms in total. The molecule has 2 heteroatoms. The number of fused-ring (bicyclic) bond motifs is 5. The van der Waals surface area contributed by atoms with Crippen molar-refractivity contribution in [3.8, 4) is 16.9 Å².